The van der Waals surface area contributed by atoms with Crippen LogP contribution < -0.4 is 0 Å². The summed E-state index contributed by atoms with van der Waals surface area (Å²) in [7, 11) is 0. The monoisotopic (exact) mass is 211 g/mol. The average molecular weight is 211 g/mol. The molecule has 0 unspecified atom stereocenters. The highest BCUT2D eigenvalue weighted by Crippen LogP contribution is 2.20. The molecule has 5 heteroatoms. The Bertz CT molecular complexity index is 366. The number of aromatic amines is 1. The van der Waals surface area contributed by atoms with Crippen molar-refractivity contribution in [2.24, 2.45) is 0 Å². The summed E-state index contributed by atoms with van der Waals surface area (Å²) in [5.74, 6) is 2.63. The van der Waals surface area contributed by atoms with E-state index in [9.17, 15) is 0 Å². The summed E-state index contributed by atoms with van der Waals surface area (Å²) in [6.45, 7) is 0. The Hall–Kier alpha value is -0.810. The van der Waals surface area contributed by atoms with Crippen molar-refractivity contribution in [3.05, 3.63) is 23.3 Å². The van der Waals surface area contributed by atoms with Crippen LogP contribution in [0.3, 0.4) is 0 Å². The van der Waals surface area contributed by atoms with Crippen molar-refractivity contribution in [3.63, 3.8) is 0 Å². The van der Waals surface area contributed by atoms with Gasteiger partial charge in [0.2, 0.25) is 0 Å². The van der Waals surface area contributed by atoms with Gasteiger partial charge in [-0.1, -0.05) is 6.07 Å². The molecule has 0 amide bonds. The van der Waals surface area contributed by atoms with Crippen molar-refractivity contribution < 1.29 is 0 Å². The second-order valence-electron chi connectivity index (χ2n) is 2.52. The molecule has 0 aromatic carbocycles. The summed E-state index contributed by atoms with van der Waals surface area (Å²) in [6.07, 6.45) is 2.05. The molecular weight excluding hydrogens is 202 g/mol. The highest BCUT2D eigenvalue weighted by atomic mass is 32.2. The van der Waals surface area contributed by atoms with Gasteiger partial charge < -0.3 is 0 Å². The zero-order chi connectivity index (χ0) is 9.10. The van der Waals surface area contributed by atoms with E-state index in [4.69, 9.17) is 0 Å². The molecule has 68 valence electrons. The van der Waals surface area contributed by atoms with Gasteiger partial charge in [-0.05, 0) is 17.7 Å². The van der Waals surface area contributed by atoms with E-state index >= 15 is 0 Å². The van der Waals surface area contributed by atoms with E-state index in [0.717, 1.165) is 22.3 Å². The van der Waals surface area contributed by atoms with Gasteiger partial charge in [0.25, 0.3) is 0 Å². The van der Waals surface area contributed by atoms with E-state index in [1.807, 2.05) is 23.8 Å². The van der Waals surface area contributed by atoms with Crippen LogP contribution in [0.2, 0.25) is 0 Å². The number of nitrogens with one attached hydrogen (secondary N) is 1. The maximum Gasteiger partial charge on any atom is 0.191 e. The van der Waals surface area contributed by atoms with E-state index in [-0.39, 0.29) is 0 Å². The molecule has 2 rings (SSSR count). The number of thioether (sulfide) groups is 1. The van der Waals surface area contributed by atoms with Crippen LogP contribution in [-0.4, -0.2) is 21.4 Å². The Balaban J connectivity index is 2.23. The second kappa shape index (κ2) is 3.93. The summed E-state index contributed by atoms with van der Waals surface area (Å²) in [5, 5.41) is 9.09. The minimum atomic E-state index is 0.805. The maximum absolute atomic E-state index is 4.37. The molecule has 0 radical (unpaired) electrons. The SMILES string of the molecule is CSCc1nc(-c2cccs2)n[nH]1. The maximum atomic E-state index is 4.37. The molecule has 0 spiro atoms. The predicted molar refractivity (Wildman–Crippen MR) is 56.9 cm³/mol. The third-order valence-electron chi connectivity index (χ3n) is 1.55. The number of aromatic nitrogens is 3. The molecule has 2 aromatic heterocycles. The summed E-state index contributed by atoms with van der Waals surface area (Å²) in [6, 6.07) is 4.03. The number of nitrogens with zero attached hydrogens (tertiary/aromatic N) is 2. The molecular formula is C8H9N3S2. The van der Waals surface area contributed by atoms with Gasteiger partial charge in [-0.2, -0.15) is 16.9 Å². The first kappa shape index (κ1) is 8.77. The highest BCUT2D eigenvalue weighted by Gasteiger charge is 2.05. The first-order chi connectivity index (χ1) is 6.40. The summed E-state index contributed by atoms with van der Waals surface area (Å²) >= 11 is 3.39. The van der Waals surface area contributed by atoms with Gasteiger partial charge in [0, 0.05) is 0 Å². The van der Waals surface area contributed by atoms with Crippen LogP contribution in [0.5, 0.6) is 0 Å². The third kappa shape index (κ3) is 1.92. The van der Waals surface area contributed by atoms with Crippen LogP contribution in [0.1, 0.15) is 5.82 Å². The quantitative estimate of drug-likeness (QED) is 0.847. The molecule has 0 bridgehead atoms. The number of H-pyrrole nitrogens is 1. The Labute approximate surface area is 84.6 Å². The molecule has 0 aliphatic heterocycles. The molecule has 0 fully saturated rings. The first-order valence-corrected chi connectivity index (χ1v) is 6.11. The summed E-state index contributed by atoms with van der Waals surface area (Å²) in [5.41, 5.74) is 0. The van der Waals surface area contributed by atoms with E-state index < -0.39 is 0 Å². The van der Waals surface area contributed by atoms with Crippen molar-refractivity contribution in [1.29, 1.82) is 0 Å². The molecule has 0 atom stereocenters. The lowest BCUT2D eigenvalue weighted by Crippen LogP contribution is -1.81. The van der Waals surface area contributed by atoms with Crippen molar-refractivity contribution in [1.82, 2.24) is 15.2 Å². The minimum absolute atomic E-state index is 0.805. The molecule has 0 aliphatic rings. The molecule has 0 saturated carbocycles. The molecule has 0 aliphatic carbocycles. The highest BCUT2D eigenvalue weighted by molar-refractivity contribution is 7.97. The van der Waals surface area contributed by atoms with E-state index in [1.165, 1.54) is 0 Å². The molecule has 1 N–H and O–H groups in total. The predicted octanol–water partition coefficient (Wildman–Crippen LogP) is 2.40. The third-order valence-corrected chi connectivity index (χ3v) is 2.98. The molecule has 2 heterocycles. The fourth-order valence-corrected chi connectivity index (χ4v) is 2.07. The van der Waals surface area contributed by atoms with Crippen LogP contribution >= 0.6 is 23.1 Å². The van der Waals surface area contributed by atoms with Gasteiger partial charge in [-0.3, -0.25) is 5.10 Å². The first-order valence-electron chi connectivity index (χ1n) is 3.84. The molecule has 3 nitrogen and oxygen atoms in total. The summed E-state index contributed by atoms with van der Waals surface area (Å²) < 4.78 is 0. The van der Waals surface area contributed by atoms with Crippen molar-refractivity contribution >= 4 is 23.1 Å². The molecule has 0 saturated heterocycles. The number of thiophene rings is 1. The lowest BCUT2D eigenvalue weighted by Gasteiger charge is -1.86. The minimum Gasteiger partial charge on any atom is -0.262 e. The standard InChI is InChI=1S/C8H9N3S2/c1-12-5-7-9-8(11-10-7)6-3-2-4-13-6/h2-4H,5H2,1H3,(H,9,10,11). The van der Waals surface area contributed by atoms with E-state index in [2.05, 4.69) is 15.2 Å². The summed E-state index contributed by atoms with van der Waals surface area (Å²) in [4.78, 5) is 5.48. The van der Waals surface area contributed by atoms with Gasteiger partial charge in [0.1, 0.15) is 5.82 Å². The van der Waals surface area contributed by atoms with E-state index in [0.29, 0.717) is 0 Å². The van der Waals surface area contributed by atoms with Crippen LogP contribution in [0.15, 0.2) is 17.5 Å². The Morgan fingerprint density at radius 3 is 3.23 bits per heavy atom. The number of hydrogen-bond acceptors (Lipinski definition) is 4. The fraction of sp³-hybridized carbons (Fsp3) is 0.250. The normalized spacial score (nSPS) is 10.5. The van der Waals surface area contributed by atoms with Gasteiger partial charge in [-0.25, -0.2) is 4.98 Å². The largest absolute Gasteiger partial charge is 0.262 e. The second-order valence-corrected chi connectivity index (χ2v) is 4.33. The zero-order valence-electron chi connectivity index (χ0n) is 7.15. The Morgan fingerprint density at radius 1 is 1.62 bits per heavy atom. The number of rotatable bonds is 3. The van der Waals surface area contributed by atoms with Crippen LogP contribution in [-0.2, 0) is 5.75 Å². The number of hydrogen-bond donors (Lipinski definition) is 1. The lowest BCUT2D eigenvalue weighted by atomic mass is 10.4. The van der Waals surface area contributed by atoms with E-state index in [1.54, 1.807) is 23.1 Å². The topological polar surface area (TPSA) is 41.6 Å². The smallest absolute Gasteiger partial charge is 0.191 e. The van der Waals surface area contributed by atoms with Crippen molar-refractivity contribution in [2.45, 2.75) is 5.75 Å². The van der Waals surface area contributed by atoms with Crippen LogP contribution in [0.25, 0.3) is 10.7 Å². The zero-order valence-corrected chi connectivity index (χ0v) is 8.78. The van der Waals surface area contributed by atoms with Gasteiger partial charge in [-0.15, -0.1) is 11.3 Å². The van der Waals surface area contributed by atoms with Gasteiger partial charge in [0.05, 0.1) is 10.6 Å². The van der Waals surface area contributed by atoms with Crippen LogP contribution in [0, 0.1) is 0 Å². The molecule has 2 aromatic rings. The Kier molecular flexibility index (Phi) is 2.65. The van der Waals surface area contributed by atoms with Crippen LogP contribution in [0.4, 0.5) is 0 Å². The van der Waals surface area contributed by atoms with Crippen molar-refractivity contribution in [3.8, 4) is 10.7 Å². The van der Waals surface area contributed by atoms with Gasteiger partial charge >= 0.3 is 0 Å². The van der Waals surface area contributed by atoms with Crippen molar-refractivity contribution in [2.75, 3.05) is 6.26 Å². The fourth-order valence-electron chi connectivity index (χ4n) is 1.01. The Morgan fingerprint density at radius 2 is 2.54 bits per heavy atom. The lowest BCUT2D eigenvalue weighted by molar-refractivity contribution is 1.03. The average Bonchev–Trinajstić information content (AvgIpc) is 2.70. The van der Waals surface area contributed by atoms with Gasteiger partial charge in [0.15, 0.2) is 5.82 Å². The molecule has 13 heavy (non-hydrogen) atoms.